The largest absolute Gasteiger partial charge is 0.493 e. The van der Waals surface area contributed by atoms with Crippen LogP contribution < -0.4 is 15.7 Å². The van der Waals surface area contributed by atoms with Crippen LogP contribution in [0.4, 0.5) is 18.9 Å². The number of rotatable bonds is 3. The molecule has 2 aromatic carbocycles. The molecule has 0 saturated heterocycles. The molecule has 0 bridgehead atoms. The summed E-state index contributed by atoms with van der Waals surface area (Å²) in [6.45, 7) is 0. The standard InChI is InChI=1S/C18H12F3NO4/c1-25-14-8-4-5-10-9-11(17(24)26-15(10)14)16(23)22-13-7-3-2-6-12(13)18(19,20)21/h2-9H,1H3,(H,22,23). The van der Waals surface area contributed by atoms with Gasteiger partial charge in [0, 0.05) is 5.39 Å². The number of hydrogen-bond donors (Lipinski definition) is 1. The summed E-state index contributed by atoms with van der Waals surface area (Å²) in [5.41, 5.74) is -2.71. The van der Waals surface area contributed by atoms with Crippen molar-refractivity contribution in [1.82, 2.24) is 0 Å². The van der Waals surface area contributed by atoms with Crippen molar-refractivity contribution in [2.75, 3.05) is 12.4 Å². The second-order valence-electron chi connectivity index (χ2n) is 5.32. The van der Waals surface area contributed by atoms with Crippen molar-refractivity contribution in [3.05, 3.63) is 70.1 Å². The molecule has 134 valence electrons. The van der Waals surface area contributed by atoms with Gasteiger partial charge in [0.25, 0.3) is 5.91 Å². The minimum Gasteiger partial charge on any atom is -0.493 e. The zero-order valence-electron chi connectivity index (χ0n) is 13.4. The van der Waals surface area contributed by atoms with Crippen LogP contribution in [0.15, 0.2) is 57.7 Å². The Morgan fingerprint density at radius 1 is 1.12 bits per heavy atom. The Kier molecular flexibility index (Phi) is 4.41. The number of alkyl halides is 3. The van der Waals surface area contributed by atoms with E-state index in [4.69, 9.17) is 9.15 Å². The van der Waals surface area contributed by atoms with Crippen LogP contribution >= 0.6 is 0 Å². The van der Waals surface area contributed by atoms with Gasteiger partial charge in [-0.05, 0) is 24.3 Å². The number of amides is 1. The lowest BCUT2D eigenvalue weighted by Crippen LogP contribution is -2.22. The highest BCUT2D eigenvalue weighted by Gasteiger charge is 2.33. The highest BCUT2D eigenvalue weighted by atomic mass is 19.4. The van der Waals surface area contributed by atoms with Gasteiger partial charge in [-0.25, -0.2) is 4.79 Å². The van der Waals surface area contributed by atoms with Crippen LogP contribution in [0.5, 0.6) is 5.75 Å². The smallest absolute Gasteiger partial charge is 0.418 e. The molecule has 0 unspecified atom stereocenters. The minimum atomic E-state index is -4.65. The highest BCUT2D eigenvalue weighted by molar-refractivity contribution is 6.06. The summed E-state index contributed by atoms with van der Waals surface area (Å²) in [5.74, 6) is -0.700. The molecule has 1 N–H and O–H groups in total. The Morgan fingerprint density at radius 2 is 1.85 bits per heavy atom. The van der Waals surface area contributed by atoms with Crippen molar-refractivity contribution in [3.63, 3.8) is 0 Å². The number of anilines is 1. The van der Waals surface area contributed by atoms with E-state index in [1.165, 1.54) is 25.3 Å². The van der Waals surface area contributed by atoms with Gasteiger partial charge >= 0.3 is 11.8 Å². The number of carbonyl (C=O) groups excluding carboxylic acids is 1. The van der Waals surface area contributed by atoms with Gasteiger partial charge in [0.15, 0.2) is 11.3 Å². The van der Waals surface area contributed by atoms with Gasteiger partial charge in [-0.3, -0.25) is 4.79 Å². The summed E-state index contributed by atoms with van der Waals surface area (Å²) >= 11 is 0. The maximum atomic E-state index is 13.0. The zero-order chi connectivity index (χ0) is 18.9. The summed E-state index contributed by atoms with van der Waals surface area (Å²) in [4.78, 5) is 24.5. The van der Waals surface area contributed by atoms with Crippen molar-refractivity contribution >= 4 is 22.6 Å². The summed E-state index contributed by atoms with van der Waals surface area (Å²) in [7, 11) is 1.39. The van der Waals surface area contributed by atoms with Crippen LogP contribution in [-0.2, 0) is 6.18 Å². The van der Waals surface area contributed by atoms with E-state index in [9.17, 15) is 22.8 Å². The third-order valence-corrected chi connectivity index (χ3v) is 3.67. The normalized spacial score (nSPS) is 11.4. The molecule has 0 spiro atoms. The Morgan fingerprint density at radius 3 is 2.54 bits per heavy atom. The predicted octanol–water partition coefficient (Wildman–Crippen LogP) is 4.07. The third-order valence-electron chi connectivity index (χ3n) is 3.67. The van der Waals surface area contributed by atoms with E-state index < -0.39 is 34.5 Å². The first-order chi connectivity index (χ1) is 12.3. The zero-order valence-corrected chi connectivity index (χ0v) is 13.4. The first kappa shape index (κ1) is 17.5. The van der Waals surface area contributed by atoms with Gasteiger partial charge in [-0.1, -0.05) is 24.3 Å². The molecule has 0 atom stereocenters. The molecule has 0 aliphatic rings. The molecule has 1 heterocycles. The van der Waals surface area contributed by atoms with Crippen LogP contribution in [0.2, 0.25) is 0 Å². The van der Waals surface area contributed by atoms with E-state index in [0.717, 1.165) is 12.1 Å². The summed E-state index contributed by atoms with van der Waals surface area (Å²) in [5, 5.41) is 2.52. The summed E-state index contributed by atoms with van der Waals surface area (Å²) in [6, 6.07) is 10.5. The fourth-order valence-corrected chi connectivity index (χ4v) is 2.47. The van der Waals surface area contributed by atoms with E-state index in [2.05, 4.69) is 5.32 Å². The molecule has 3 rings (SSSR count). The molecule has 1 amide bonds. The van der Waals surface area contributed by atoms with E-state index >= 15 is 0 Å². The number of methoxy groups -OCH3 is 1. The fourth-order valence-electron chi connectivity index (χ4n) is 2.47. The molecule has 0 aliphatic carbocycles. The molecule has 0 saturated carbocycles. The first-order valence-corrected chi connectivity index (χ1v) is 7.39. The maximum absolute atomic E-state index is 13.0. The van der Waals surface area contributed by atoms with Crippen molar-refractivity contribution in [2.24, 2.45) is 0 Å². The number of ether oxygens (including phenoxy) is 1. The average molecular weight is 363 g/mol. The van der Waals surface area contributed by atoms with E-state index in [1.54, 1.807) is 18.2 Å². The van der Waals surface area contributed by atoms with E-state index in [-0.39, 0.29) is 5.58 Å². The third kappa shape index (κ3) is 3.26. The molecule has 0 aliphatic heterocycles. The Labute approximate surface area is 145 Å². The van der Waals surface area contributed by atoms with Crippen molar-refractivity contribution < 1.29 is 27.1 Å². The quantitative estimate of drug-likeness (QED) is 0.712. The van der Waals surface area contributed by atoms with Crippen LogP contribution in [0.25, 0.3) is 11.0 Å². The average Bonchev–Trinajstić information content (AvgIpc) is 2.60. The van der Waals surface area contributed by atoms with Crippen LogP contribution in [-0.4, -0.2) is 13.0 Å². The van der Waals surface area contributed by atoms with Gasteiger partial charge in [-0.15, -0.1) is 0 Å². The molecule has 8 heteroatoms. The molecule has 0 radical (unpaired) electrons. The second kappa shape index (κ2) is 6.55. The molecule has 0 fully saturated rings. The monoisotopic (exact) mass is 363 g/mol. The fraction of sp³-hybridized carbons (Fsp3) is 0.111. The number of carbonyl (C=O) groups is 1. The topological polar surface area (TPSA) is 68.5 Å². The molecule has 1 aromatic heterocycles. The molecule has 26 heavy (non-hydrogen) atoms. The number of hydrogen-bond acceptors (Lipinski definition) is 4. The van der Waals surface area contributed by atoms with Gasteiger partial charge in [0.1, 0.15) is 5.56 Å². The van der Waals surface area contributed by atoms with Gasteiger partial charge in [0.2, 0.25) is 0 Å². The Balaban J connectivity index is 2.02. The van der Waals surface area contributed by atoms with Crippen LogP contribution in [0.1, 0.15) is 15.9 Å². The molecular formula is C18H12F3NO4. The maximum Gasteiger partial charge on any atom is 0.418 e. The number of halogens is 3. The van der Waals surface area contributed by atoms with Crippen LogP contribution in [0.3, 0.4) is 0 Å². The Bertz CT molecular complexity index is 1040. The van der Waals surface area contributed by atoms with E-state index in [0.29, 0.717) is 11.1 Å². The summed E-state index contributed by atoms with van der Waals surface area (Å²) < 4.78 is 49.3. The SMILES string of the molecule is COc1cccc2cc(C(=O)Nc3ccccc3C(F)(F)F)c(=O)oc12. The van der Waals surface area contributed by atoms with Crippen molar-refractivity contribution in [1.29, 1.82) is 0 Å². The van der Waals surface area contributed by atoms with E-state index in [1.807, 2.05) is 0 Å². The van der Waals surface area contributed by atoms with Crippen LogP contribution in [0, 0.1) is 0 Å². The lowest BCUT2D eigenvalue weighted by Gasteiger charge is -2.13. The first-order valence-electron chi connectivity index (χ1n) is 7.39. The molecule has 3 aromatic rings. The van der Waals surface area contributed by atoms with Gasteiger partial charge in [-0.2, -0.15) is 13.2 Å². The molecular weight excluding hydrogens is 351 g/mol. The number of fused-ring (bicyclic) bond motifs is 1. The lowest BCUT2D eigenvalue weighted by atomic mass is 10.1. The Hall–Kier alpha value is -3.29. The van der Waals surface area contributed by atoms with Gasteiger partial charge in [0.05, 0.1) is 18.4 Å². The number of para-hydroxylation sites is 2. The number of benzene rings is 2. The van der Waals surface area contributed by atoms with Crippen molar-refractivity contribution in [2.45, 2.75) is 6.18 Å². The van der Waals surface area contributed by atoms with Gasteiger partial charge < -0.3 is 14.5 Å². The predicted molar refractivity (Wildman–Crippen MR) is 88.4 cm³/mol. The summed E-state index contributed by atoms with van der Waals surface area (Å²) in [6.07, 6.45) is -4.65. The number of nitrogens with one attached hydrogen (secondary N) is 1. The second-order valence-corrected chi connectivity index (χ2v) is 5.32. The lowest BCUT2D eigenvalue weighted by molar-refractivity contribution is -0.136. The minimum absolute atomic E-state index is 0.146. The van der Waals surface area contributed by atoms with Crippen molar-refractivity contribution in [3.8, 4) is 5.75 Å². The molecule has 5 nitrogen and oxygen atoms in total. The highest BCUT2D eigenvalue weighted by Crippen LogP contribution is 2.34.